The van der Waals surface area contributed by atoms with Crippen LogP contribution >= 0.6 is 0 Å². The lowest BCUT2D eigenvalue weighted by molar-refractivity contribution is -0.159. The minimum Gasteiger partial charge on any atom is -0.458 e. The molecule has 0 spiro atoms. The first-order valence-electron chi connectivity index (χ1n) is 15.4. The van der Waals surface area contributed by atoms with E-state index in [1.807, 2.05) is 30.3 Å². The second-order valence-electron chi connectivity index (χ2n) is 14.2. The molecule has 3 unspecified atom stereocenters. The van der Waals surface area contributed by atoms with E-state index in [9.17, 15) is 24.0 Å². The average molecular weight is 649 g/mol. The van der Waals surface area contributed by atoms with E-state index in [1.54, 1.807) is 86.6 Å². The lowest BCUT2D eigenvalue weighted by Gasteiger charge is -2.43. The molecule has 0 fully saturated rings. The molecule has 0 radical (unpaired) electrons. The fraction of sp³-hybridized carbons (Fsp3) is 0.472. The highest BCUT2D eigenvalue weighted by Crippen LogP contribution is 2.31. The quantitative estimate of drug-likeness (QED) is 0.244. The number of ether oxygens (including phenoxy) is 2. The number of hydrogen-bond acceptors (Lipinski definition) is 7. The zero-order valence-electron chi connectivity index (χ0n) is 28.8. The van der Waals surface area contributed by atoms with E-state index < -0.39 is 71.1 Å². The van der Waals surface area contributed by atoms with Gasteiger partial charge >= 0.3 is 12.1 Å². The lowest BCUT2D eigenvalue weighted by atomic mass is 9.94. The summed E-state index contributed by atoms with van der Waals surface area (Å²) in [6, 6.07) is 11.6. The third-order valence-electron chi connectivity index (χ3n) is 6.54. The van der Waals surface area contributed by atoms with Crippen molar-refractivity contribution in [2.75, 3.05) is 0 Å². The largest absolute Gasteiger partial charge is 0.458 e. The Morgan fingerprint density at radius 1 is 0.809 bits per heavy atom. The number of nitrogens with zero attached hydrogens (tertiary/aromatic N) is 1. The van der Waals surface area contributed by atoms with Crippen LogP contribution in [0.2, 0.25) is 0 Å². The van der Waals surface area contributed by atoms with E-state index >= 15 is 0 Å². The number of primary amides is 1. The van der Waals surface area contributed by atoms with Crippen LogP contribution < -0.4 is 16.4 Å². The van der Waals surface area contributed by atoms with Crippen LogP contribution in [0.25, 0.3) is 0 Å². The van der Waals surface area contributed by atoms with E-state index in [2.05, 4.69) is 16.6 Å². The number of alkyl carbamates (subject to hydrolysis) is 1. The minimum absolute atomic E-state index is 0.109. The van der Waals surface area contributed by atoms with E-state index in [0.29, 0.717) is 11.1 Å². The Morgan fingerprint density at radius 2 is 1.36 bits per heavy atom. The highest BCUT2D eigenvalue weighted by atomic mass is 16.6. The fourth-order valence-corrected chi connectivity index (χ4v) is 4.71. The van der Waals surface area contributed by atoms with E-state index in [-0.39, 0.29) is 6.42 Å². The van der Waals surface area contributed by atoms with Crippen molar-refractivity contribution in [1.29, 1.82) is 0 Å². The summed E-state index contributed by atoms with van der Waals surface area (Å²) in [4.78, 5) is 68.5. The Bertz CT molecular complexity index is 1460. The molecule has 254 valence electrons. The fourth-order valence-electron chi connectivity index (χ4n) is 4.71. The van der Waals surface area contributed by atoms with Crippen molar-refractivity contribution in [1.82, 2.24) is 15.5 Å². The monoisotopic (exact) mass is 648 g/mol. The highest BCUT2D eigenvalue weighted by Gasteiger charge is 2.43. The molecule has 0 saturated heterocycles. The van der Waals surface area contributed by atoms with E-state index in [0.717, 1.165) is 5.56 Å². The number of hydrogen-bond donors (Lipinski definition) is 3. The predicted octanol–water partition coefficient (Wildman–Crippen LogP) is 4.17. The molecule has 0 aliphatic carbocycles. The lowest BCUT2D eigenvalue weighted by Crippen LogP contribution is -2.60. The number of rotatable bonds is 11. The predicted molar refractivity (Wildman–Crippen MR) is 179 cm³/mol. The summed E-state index contributed by atoms with van der Waals surface area (Å²) < 4.78 is 11.0. The molecule has 4 amide bonds. The topological polar surface area (TPSA) is 157 Å². The van der Waals surface area contributed by atoms with Crippen molar-refractivity contribution in [2.45, 2.75) is 110 Å². The average Bonchev–Trinajstić information content (AvgIpc) is 2.92. The van der Waals surface area contributed by atoms with Gasteiger partial charge in [0.2, 0.25) is 17.7 Å². The minimum atomic E-state index is -1.48. The molecule has 4 N–H and O–H groups in total. The number of terminal acetylenes is 1. The van der Waals surface area contributed by atoms with Gasteiger partial charge in [0.1, 0.15) is 29.3 Å². The molecule has 0 aromatic heterocycles. The number of carbonyl (C=O) groups is 5. The van der Waals surface area contributed by atoms with Crippen LogP contribution in [0.4, 0.5) is 4.79 Å². The molecule has 2 rings (SSSR count). The Balaban J connectivity index is 2.69. The van der Waals surface area contributed by atoms with Crippen LogP contribution in [0, 0.1) is 12.3 Å². The second-order valence-corrected chi connectivity index (χ2v) is 14.2. The standard InChI is InChI=1S/C36H48N4O7/c1-11-23-17-19-25(20-18-23)29(30(42)38-27(32(44)46-35(5,6)7)21-24-15-13-12-14-16-24)40(34(2,3)4)31(43)26(22-28(37)41)39-33(45)47-36(8,9)10/h1,12-20,26-27,29H,21-22H2,2-10H3,(H2,37,41)(H,38,42)(H,39,45). The third-order valence-corrected chi connectivity index (χ3v) is 6.54. The number of esters is 1. The SMILES string of the molecule is C#Cc1ccc(C(C(=O)NC(Cc2ccccc2)C(=O)OC(C)(C)C)N(C(=O)C(CC(N)=O)NC(=O)OC(C)(C)C)C(C)(C)C)cc1. The number of amides is 4. The Labute approximate surface area is 277 Å². The summed E-state index contributed by atoms with van der Waals surface area (Å²) in [5, 5.41) is 5.28. The molecule has 3 atom stereocenters. The van der Waals surface area contributed by atoms with Crippen molar-refractivity contribution in [3.05, 3.63) is 71.3 Å². The maximum Gasteiger partial charge on any atom is 0.408 e. The van der Waals surface area contributed by atoms with Crippen LogP contribution in [-0.2, 0) is 35.1 Å². The van der Waals surface area contributed by atoms with Gasteiger partial charge in [-0.25, -0.2) is 9.59 Å². The maximum absolute atomic E-state index is 14.5. The zero-order valence-corrected chi connectivity index (χ0v) is 28.8. The van der Waals surface area contributed by atoms with Gasteiger partial charge in [0.15, 0.2) is 0 Å². The maximum atomic E-state index is 14.5. The summed E-state index contributed by atoms with van der Waals surface area (Å²) in [6.45, 7) is 15.2. The van der Waals surface area contributed by atoms with Gasteiger partial charge in [-0.1, -0.05) is 48.4 Å². The second kappa shape index (κ2) is 15.6. The Morgan fingerprint density at radius 3 is 1.83 bits per heavy atom. The van der Waals surface area contributed by atoms with Crippen molar-refractivity contribution in [2.24, 2.45) is 5.73 Å². The molecule has 2 aromatic rings. The highest BCUT2D eigenvalue weighted by molar-refractivity contribution is 5.96. The molecule has 0 aliphatic rings. The molecule has 0 heterocycles. The first-order chi connectivity index (χ1) is 21.6. The summed E-state index contributed by atoms with van der Waals surface area (Å²) in [5.74, 6) is -0.482. The van der Waals surface area contributed by atoms with Gasteiger partial charge in [0.25, 0.3) is 0 Å². The third kappa shape index (κ3) is 12.5. The van der Waals surface area contributed by atoms with Gasteiger partial charge in [-0.3, -0.25) is 14.4 Å². The Hall–Kier alpha value is -4.85. The van der Waals surface area contributed by atoms with Crippen molar-refractivity contribution in [3.63, 3.8) is 0 Å². The van der Waals surface area contributed by atoms with Gasteiger partial charge in [-0.15, -0.1) is 6.42 Å². The van der Waals surface area contributed by atoms with E-state index in [1.165, 1.54) is 4.90 Å². The van der Waals surface area contributed by atoms with Crippen LogP contribution in [0.1, 0.15) is 91.5 Å². The molecule has 0 bridgehead atoms. The number of carbonyl (C=O) groups excluding carboxylic acids is 5. The Kier molecular flexibility index (Phi) is 12.7. The smallest absolute Gasteiger partial charge is 0.408 e. The van der Waals surface area contributed by atoms with Crippen molar-refractivity contribution >= 4 is 29.8 Å². The molecule has 2 aromatic carbocycles. The van der Waals surface area contributed by atoms with Crippen LogP contribution in [0.3, 0.4) is 0 Å². The summed E-state index contributed by atoms with van der Waals surface area (Å²) in [6.07, 6.45) is 4.17. The summed E-state index contributed by atoms with van der Waals surface area (Å²) in [5.41, 5.74) is 4.35. The molecular weight excluding hydrogens is 600 g/mol. The zero-order chi connectivity index (χ0) is 35.7. The number of nitrogens with one attached hydrogen (secondary N) is 2. The number of benzene rings is 2. The molecule has 0 aliphatic heterocycles. The molecule has 11 heteroatoms. The first-order valence-corrected chi connectivity index (χ1v) is 15.4. The summed E-state index contributed by atoms with van der Waals surface area (Å²) >= 11 is 0. The van der Waals surface area contributed by atoms with Gasteiger partial charge in [0, 0.05) is 17.5 Å². The number of nitrogens with two attached hydrogens (primary N) is 1. The first kappa shape index (κ1) is 38.3. The van der Waals surface area contributed by atoms with Gasteiger partial charge < -0.3 is 30.7 Å². The van der Waals surface area contributed by atoms with Crippen LogP contribution in [0.5, 0.6) is 0 Å². The molecule has 0 saturated carbocycles. The van der Waals surface area contributed by atoms with Crippen molar-refractivity contribution in [3.8, 4) is 12.3 Å². The van der Waals surface area contributed by atoms with Crippen LogP contribution in [-0.4, -0.2) is 63.5 Å². The van der Waals surface area contributed by atoms with Gasteiger partial charge in [-0.05, 0) is 85.6 Å². The van der Waals surface area contributed by atoms with E-state index in [4.69, 9.17) is 21.6 Å². The van der Waals surface area contributed by atoms with Crippen LogP contribution in [0.15, 0.2) is 54.6 Å². The summed E-state index contributed by atoms with van der Waals surface area (Å²) in [7, 11) is 0. The molecular formula is C36H48N4O7. The molecule has 47 heavy (non-hydrogen) atoms. The van der Waals surface area contributed by atoms with Crippen molar-refractivity contribution < 1.29 is 33.4 Å². The normalized spacial score (nSPS) is 13.6. The van der Waals surface area contributed by atoms with Gasteiger partial charge in [-0.2, -0.15) is 0 Å². The molecule has 11 nitrogen and oxygen atoms in total. The van der Waals surface area contributed by atoms with Gasteiger partial charge in [0.05, 0.1) is 6.42 Å².